The molecule has 29 heavy (non-hydrogen) atoms. The van der Waals surface area contributed by atoms with Crippen molar-refractivity contribution in [1.82, 2.24) is 19.6 Å². The number of pyridine rings is 2. The number of rotatable bonds is 4. The number of hydrogen-bond acceptors (Lipinski definition) is 5. The van der Waals surface area contributed by atoms with Gasteiger partial charge < -0.3 is 9.64 Å². The average Bonchev–Trinajstić information content (AvgIpc) is 3.23. The molecule has 0 N–H and O–H groups in total. The molecule has 0 amide bonds. The molecular weight excluding hydrogens is 362 g/mol. The Kier molecular flexibility index (Phi) is 4.60. The molecule has 0 bridgehead atoms. The Morgan fingerprint density at radius 3 is 2.69 bits per heavy atom. The zero-order valence-electron chi connectivity index (χ0n) is 16.4. The molecule has 1 fully saturated rings. The van der Waals surface area contributed by atoms with Crippen molar-refractivity contribution in [3.05, 3.63) is 72.9 Å². The van der Waals surface area contributed by atoms with Gasteiger partial charge in [-0.2, -0.15) is 5.10 Å². The van der Waals surface area contributed by atoms with Crippen LogP contribution in [0.15, 0.2) is 67.1 Å². The number of hydrogen-bond donors (Lipinski definition) is 0. The summed E-state index contributed by atoms with van der Waals surface area (Å²) in [5, 5.41) is 4.81. The van der Waals surface area contributed by atoms with E-state index in [1.54, 1.807) is 7.11 Å². The highest BCUT2D eigenvalue weighted by molar-refractivity contribution is 5.66. The highest BCUT2D eigenvalue weighted by atomic mass is 16.5. The standard InChI is InChI=1S/C23H23N5O/c1-29-21-6-2-4-18(14-21)19-7-8-22-25-23(26-28(22)16-19)17-9-12-27(13-10-17)20-5-3-11-24-15-20/h2-8,11,14-17H,9-10,12-13H2,1H3. The molecule has 146 valence electrons. The first-order valence-corrected chi connectivity index (χ1v) is 9.96. The van der Waals surface area contributed by atoms with Gasteiger partial charge in [-0.05, 0) is 54.8 Å². The van der Waals surface area contributed by atoms with Gasteiger partial charge >= 0.3 is 0 Å². The maximum Gasteiger partial charge on any atom is 0.155 e. The topological polar surface area (TPSA) is 55.5 Å². The molecule has 0 aliphatic carbocycles. The minimum Gasteiger partial charge on any atom is -0.497 e. The van der Waals surface area contributed by atoms with Crippen molar-refractivity contribution in [2.75, 3.05) is 25.1 Å². The first kappa shape index (κ1) is 17.7. The zero-order valence-corrected chi connectivity index (χ0v) is 16.4. The molecule has 6 heteroatoms. The number of aromatic nitrogens is 4. The van der Waals surface area contributed by atoms with E-state index in [1.807, 2.05) is 53.4 Å². The molecule has 4 aromatic rings. The molecule has 0 saturated carbocycles. The molecule has 0 unspecified atom stereocenters. The van der Waals surface area contributed by atoms with Crippen LogP contribution in [0.3, 0.4) is 0 Å². The number of ether oxygens (including phenoxy) is 1. The van der Waals surface area contributed by atoms with Crippen LogP contribution in [0, 0.1) is 0 Å². The van der Waals surface area contributed by atoms with Gasteiger partial charge in [-0.25, -0.2) is 9.50 Å². The fourth-order valence-corrected chi connectivity index (χ4v) is 3.98. The number of benzene rings is 1. The van der Waals surface area contributed by atoms with Gasteiger partial charge in [-0.15, -0.1) is 0 Å². The van der Waals surface area contributed by atoms with Crippen molar-refractivity contribution < 1.29 is 4.74 Å². The van der Waals surface area contributed by atoms with Crippen LogP contribution in [0.5, 0.6) is 5.75 Å². The van der Waals surface area contributed by atoms with Gasteiger partial charge in [-0.1, -0.05) is 12.1 Å². The maximum absolute atomic E-state index is 5.35. The third kappa shape index (κ3) is 3.53. The monoisotopic (exact) mass is 385 g/mol. The van der Waals surface area contributed by atoms with Crippen LogP contribution >= 0.6 is 0 Å². The Labute approximate surface area is 169 Å². The summed E-state index contributed by atoms with van der Waals surface area (Å²) in [6, 6.07) is 16.3. The van der Waals surface area contributed by atoms with E-state index in [4.69, 9.17) is 14.8 Å². The maximum atomic E-state index is 5.35. The van der Waals surface area contributed by atoms with Crippen molar-refractivity contribution in [2.24, 2.45) is 0 Å². The van der Waals surface area contributed by atoms with Crippen LogP contribution in [-0.2, 0) is 0 Å². The second kappa shape index (κ2) is 7.54. The van der Waals surface area contributed by atoms with Gasteiger partial charge in [0.2, 0.25) is 0 Å². The summed E-state index contributed by atoms with van der Waals surface area (Å²) in [5.74, 6) is 2.18. The van der Waals surface area contributed by atoms with Crippen LogP contribution in [-0.4, -0.2) is 39.8 Å². The summed E-state index contributed by atoms with van der Waals surface area (Å²) >= 11 is 0. The lowest BCUT2D eigenvalue weighted by molar-refractivity contribution is 0.415. The fraction of sp³-hybridized carbons (Fsp3) is 0.261. The van der Waals surface area contributed by atoms with Crippen LogP contribution in [0.4, 0.5) is 5.69 Å². The van der Waals surface area contributed by atoms with E-state index in [9.17, 15) is 0 Å². The second-order valence-corrected chi connectivity index (χ2v) is 7.40. The highest BCUT2D eigenvalue weighted by Gasteiger charge is 2.24. The molecule has 1 aliphatic heterocycles. The van der Waals surface area contributed by atoms with Gasteiger partial charge in [0.15, 0.2) is 11.5 Å². The summed E-state index contributed by atoms with van der Waals surface area (Å²) in [6.45, 7) is 2.00. The van der Waals surface area contributed by atoms with Gasteiger partial charge in [0, 0.05) is 37.0 Å². The Morgan fingerprint density at radius 1 is 1.00 bits per heavy atom. The fourth-order valence-electron chi connectivity index (χ4n) is 3.98. The molecule has 0 spiro atoms. The zero-order chi connectivity index (χ0) is 19.6. The molecule has 4 heterocycles. The Hall–Kier alpha value is -3.41. The Balaban J connectivity index is 1.35. The molecule has 1 aliphatic rings. The number of fused-ring (bicyclic) bond motifs is 1. The van der Waals surface area contributed by atoms with E-state index >= 15 is 0 Å². The third-order valence-corrected chi connectivity index (χ3v) is 5.62. The summed E-state index contributed by atoms with van der Waals surface area (Å²) in [7, 11) is 1.69. The molecular formula is C23H23N5O. The van der Waals surface area contributed by atoms with E-state index < -0.39 is 0 Å². The normalized spacial score (nSPS) is 15.0. The minimum absolute atomic E-state index is 0.392. The molecule has 1 saturated heterocycles. The third-order valence-electron chi connectivity index (χ3n) is 5.62. The van der Waals surface area contributed by atoms with Crippen molar-refractivity contribution in [3.8, 4) is 16.9 Å². The molecule has 6 nitrogen and oxygen atoms in total. The Morgan fingerprint density at radius 2 is 1.90 bits per heavy atom. The Bertz CT molecular complexity index is 1120. The van der Waals surface area contributed by atoms with Crippen LogP contribution < -0.4 is 9.64 Å². The smallest absolute Gasteiger partial charge is 0.155 e. The van der Waals surface area contributed by atoms with Gasteiger partial charge in [0.25, 0.3) is 0 Å². The van der Waals surface area contributed by atoms with E-state index in [0.717, 1.165) is 54.3 Å². The molecule has 5 rings (SSSR count). The quantitative estimate of drug-likeness (QED) is 0.527. The van der Waals surface area contributed by atoms with E-state index in [-0.39, 0.29) is 0 Å². The van der Waals surface area contributed by atoms with Crippen molar-refractivity contribution in [2.45, 2.75) is 18.8 Å². The molecule has 0 radical (unpaired) electrons. The lowest BCUT2D eigenvalue weighted by Crippen LogP contribution is -2.33. The summed E-state index contributed by atoms with van der Waals surface area (Å²) < 4.78 is 7.25. The first-order chi connectivity index (χ1) is 14.3. The summed E-state index contributed by atoms with van der Waals surface area (Å²) in [5.41, 5.74) is 4.28. The van der Waals surface area contributed by atoms with Crippen molar-refractivity contribution in [3.63, 3.8) is 0 Å². The predicted octanol–water partition coefficient (Wildman–Crippen LogP) is 4.18. The van der Waals surface area contributed by atoms with E-state index in [0.29, 0.717) is 5.92 Å². The van der Waals surface area contributed by atoms with Crippen LogP contribution in [0.25, 0.3) is 16.8 Å². The average molecular weight is 385 g/mol. The number of anilines is 1. The molecule has 0 atom stereocenters. The van der Waals surface area contributed by atoms with Crippen LogP contribution in [0.2, 0.25) is 0 Å². The number of nitrogens with zero attached hydrogens (tertiary/aromatic N) is 5. The highest BCUT2D eigenvalue weighted by Crippen LogP contribution is 2.29. The van der Waals surface area contributed by atoms with E-state index in [2.05, 4.69) is 28.1 Å². The summed E-state index contributed by atoms with van der Waals surface area (Å²) in [6.07, 6.45) is 7.90. The predicted molar refractivity (Wildman–Crippen MR) is 113 cm³/mol. The van der Waals surface area contributed by atoms with Gasteiger partial charge in [-0.3, -0.25) is 4.98 Å². The lowest BCUT2D eigenvalue weighted by atomic mass is 9.96. The minimum atomic E-state index is 0.392. The van der Waals surface area contributed by atoms with Crippen LogP contribution in [0.1, 0.15) is 24.6 Å². The largest absolute Gasteiger partial charge is 0.497 e. The first-order valence-electron chi connectivity index (χ1n) is 9.96. The lowest BCUT2D eigenvalue weighted by Gasteiger charge is -2.32. The van der Waals surface area contributed by atoms with Gasteiger partial charge in [0.1, 0.15) is 5.75 Å². The number of piperidine rings is 1. The van der Waals surface area contributed by atoms with Crippen molar-refractivity contribution >= 4 is 11.3 Å². The van der Waals surface area contributed by atoms with Gasteiger partial charge in [0.05, 0.1) is 19.0 Å². The molecule has 3 aromatic heterocycles. The van der Waals surface area contributed by atoms with E-state index in [1.165, 1.54) is 5.69 Å². The second-order valence-electron chi connectivity index (χ2n) is 7.40. The SMILES string of the molecule is COc1cccc(-c2ccc3nc(C4CCN(c5cccnc5)CC4)nn3c2)c1. The summed E-state index contributed by atoms with van der Waals surface area (Å²) in [4.78, 5) is 11.4. The number of methoxy groups -OCH3 is 1. The van der Waals surface area contributed by atoms with Crippen molar-refractivity contribution in [1.29, 1.82) is 0 Å². The molecule has 1 aromatic carbocycles.